The second-order valence-corrected chi connectivity index (χ2v) is 14.6. The predicted molar refractivity (Wildman–Crippen MR) is 174 cm³/mol. The molecule has 2 aliphatic heterocycles. The number of nitrogens with zero attached hydrogens (tertiary/aromatic N) is 3. The molecule has 1 aromatic carbocycles. The van der Waals surface area contributed by atoms with E-state index in [1.54, 1.807) is 23.9 Å². The summed E-state index contributed by atoms with van der Waals surface area (Å²) >= 11 is 0. The summed E-state index contributed by atoms with van der Waals surface area (Å²) in [6.45, 7) is 15.9. The van der Waals surface area contributed by atoms with Crippen LogP contribution >= 0.6 is 0 Å². The number of likely N-dealkylation sites (tertiary alicyclic amines) is 2. The molecule has 4 N–H and O–H groups in total. The van der Waals surface area contributed by atoms with Crippen LogP contribution in [0.2, 0.25) is 0 Å². The minimum Gasteiger partial charge on any atom is -0.368 e. The van der Waals surface area contributed by atoms with Crippen molar-refractivity contribution in [2.24, 2.45) is 17.1 Å². The topological polar surface area (TPSA) is 128 Å². The molecule has 0 spiro atoms. The number of rotatable bonds is 12. The van der Waals surface area contributed by atoms with E-state index < -0.39 is 34.9 Å². The van der Waals surface area contributed by atoms with Gasteiger partial charge < -0.3 is 26.2 Å². The highest BCUT2D eigenvalue weighted by Crippen LogP contribution is 2.30. The second-order valence-electron chi connectivity index (χ2n) is 14.6. The Morgan fingerprint density at radius 3 is 2.09 bits per heavy atom. The Bertz CT molecular complexity index is 1160. The first-order chi connectivity index (χ1) is 20.5. The van der Waals surface area contributed by atoms with Gasteiger partial charge in [-0.3, -0.25) is 24.1 Å². The molecule has 2 aliphatic rings. The number of primary amides is 1. The Balaban J connectivity index is 1.79. The molecule has 2 unspecified atom stereocenters. The first-order valence-corrected chi connectivity index (χ1v) is 16.2. The van der Waals surface area contributed by atoms with Crippen LogP contribution in [0.25, 0.3) is 0 Å². The lowest BCUT2D eigenvalue weighted by atomic mass is 9.76. The van der Waals surface area contributed by atoms with Gasteiger partial charge in [-0.1, -0.05) is 78.8 Å². The second kappa shape index (κ2) is 14.4. The first-order valence-electron chi connectivity index (χ1n) is 16.2. The van der Waals surface area contributed by atoms with Crippen LogP contribution < -0.4 is 16.4 Å². The van der Waals surface area contributed by atoms with E-state index in [4.69, 9.17) is 5.73 Å². The third-order valence-electron chi connectivity index (χ3n) is 9.74. The van der Waals surface area contributed by atoms with E-state index in [1.807, 2.05) is 65.0 Å². The van der Waals surface area contributed by atoms with Gasteiger partial charge in [0.15, 0.2) is 0 Å². The lowest BCUT2D eigenvalue weighted by Crippen LogP contribution is -2.62. The molecule has 4 amide bonds. The number of amides is 4. The van der Waals surface area contributed by atoms with Crippen LogP contribution in [0.1, 0.15) is 79.7 Å². The summed E-state index contributed by atoms with van der Waals surface area (Å²) in [6.07, 6.45) is 2.97. The van der Waals surface area contributed by atoms with Gasteiger partial charge in [0.2, 0.25) is 23.6 Å². The Morgan fingerprint density at radius 2 is 1.55 bits per heavy atom. The van der Waals surface area contributed by atoms with Gasteiger partial charge in [-0.15, -0.1) is 0 Å². The molecule has 1 aromatic rings. The first kappa shape index (κ1) is 35.5. The molecule has 246 valence electrons. The standard InChI is InChI=1S/C34H56N6O4/c1-22(2)26(21-39-19-13-18-25(39)31(43)40-20-14-17-24(40)29(35)41)38(9)32(44)28(33(3,4)5)37-30(42)27(36-8)34(6,7)23-15-11-10-12-16-23/h10-12,15-16,22,24-28,36H,13-14,17-21H2,1-9H3,(H2,35,41)(H,37,42)/t24?,25?,26-,27-,28-/m1/s1. The molecule has 0 aliphatic carbocycles. The van der Waals surface area contributed by atoms with Gasteiger partial charge in [0.25, 0.3) is 0 Å². The highest BCUT2D eigenvalue weighted by Gasteiger charge is 2.44. The maximum atomic E-state index is 14.3. The molecule has 44 heavy (non-hydrogen) atoms. The summed E-state index contributed by atoms with van der Waals surface area (Å²) in [5.74, 6) is -0.784. The zero-order valence-electron chi connectivity index (χ0n) is 28.4. The van der Waals surface area contributed by atoms with E-state index in [1.165, 1.54) is 0 Å². The van der Waals surface area contributed by atoms with E-state index in [-0.39, 0.29) is 35.7 Å². The molecular weight excluding hydrogens is 556 g/mol. The van der Waals surface area contributed by atoms with Crippen molar-refractivity contribution < 1.29 is 19.2 Å². The summed E-state index contributed by atoms with van der Waals surface area (Å²) in [5.41, 5.74) is 5.55. The number of nitrogens with one attached hydrogen (secondary N) is 2. The molecule has 2 heterocycles. The predicted octanol–water partition coefficient (Wildman–Crippen LogP) is 2.51. The molecule has 3 rings (SSSR count). The van der Waals surface area contributed by atoms with Gasteiger partial charge in [-0.25, -0.2) is 0 Å². The SMILES string of the molecule is CN[C@H](C(=O)N[C@H](C(=O)N(C)[C@H](CN1CCCC1C(=O)N1CCCC1C(N)=O)C(C)C)C(C)(C)C)C(C)(C)c1ccccc1. The van der Waals surface area contributed by atoms with Crippen molar-refractivity contribution in [3.8, 4) is 0 Å². The van der Waals surface area contributed by atoms with Gasteiger partial charge >= 0.3 is 0 Å². The molecule has 10 heteroatoms. The molecule has 0 saturated carbocycles. The van der Waals surface area contributed by atoms with Gasteiger partial charge in [-0.2, -0.15) is 0 Å². The van der Waals surface area contributed by atoms with Crippen LogP contribution in [0.15, 0.2) is 30.3 Å². The highest BCUT2D eigenvalue weighted by molar-refractivity contribution is 5.91. The molecule has 0 aromatic heterocycles. The minimum atomic E-state index is -0.763. The fourth-order valence-electron chi connectivity index (χ4n) is 6.96. The molecular formula is C34H56N6O4. The van der Waals surface area contributed by atoms with Gasteiger partial charge in [0.1, 0.15) is 12.1 Å². The van der Waals surface area contributed by atoms with E-state index >= 15 is 0 Å². The Kier molecular flexibility index (Phi) is 11.6. The van der Waals surface area contributed by atoms with Crippen molar-refractivity contribution in [1.29, 1.82) is 0 Å². The van der Waals surface area contributed by atoms with E-state index in [0.29, 0.717) is 25.9 Å². The fourth-order valence-corrected chi connectivity index (χ4v) is 6.96. The Morgan fingerprint density at radius 1 is 0.955 bits per heavy atom. The zero-order valence-corrected chi connectivity index (χ0v) is 28.4. The number of likely N-dealkylation sites (N-methyl/N-ethyl adjacent to an activating group) is 2. The van der Waals surface area contributed by atoms with Crippen molar-refractivity contribution in [3.63, 3.8) is 0 Å². The van der Waals surface area contributed by atoms with Gasteiger partial charge in [0, 0.05) is 31.6 Å². The zero-order chi connectivity index (χ0) is 33.0. The maximum Gasteiger partial charge on any atom is 0.245 e. The third-order valence-corrected chi connectivity index (χ3v) is 9.74. The number of carbonyl (C=O) groups excluding carboxylic acids is 4. The minimum absolute atomic E-state index is 0.0424. The highest BCUT2D eigenvalue weighted by atomic mass is 16.2. The summed E-state index contributed by atoms with van der Waals surface area (Å²) in [6, 6.07) is 7.50. The Hall–Kier alpha value is -2.98. The van der Waals surface area contributed by atoms with E-state index in [2.05, 4.69) is 29.4 Å². The quantitative estimate of drug-likeness (QED) is 0.333. The summed E-state index contributed by atoms with van der Waals surface area (Å²) < 4.78 is 0. The van der Waals surface area contributed by atoms with Crippen LogP contribution in [0.4, 0.5) is 0 Å². The summed E-state index contributed by atoms with van der Waals surface area (Å²) in [5, 5.41) is 6.32. The average Bonchev–Trinajstić information content (AvgIpc) is 3.64. The van der Waals surface area contributed by atoms with Crippen LogP contribution in [0.5, 0.6) is 0 Å². The van der Waals surface area contributed by atoms with Gasteiger partial charge in [0.05, 0.1) is 12.1 Å². The van der Waals surface area contributed by atoms with E-state index in [9.17, 15) is 19.2 Å². The van der Waals surface area contributed by atoms with Crippen molar-refractivity contribution in [1.82, 2.24) is 25.3 Å². The number of hydrogen-bond acceptors (Lipinski definition) is 6. The summed E-state index contributed by atoms with van der Waals surface area (Å²) in [4.78, 5) is 59.3. The van der Waals surface area contributed by atoms with E-state index in [0.717, 1.165) is 24.9 Å². The van der Waals surface area contributed by atoms with Gasteiger partial charge in [-0.05, 0) is 56.2 Å². The van der Waals surface area contributed by atoms with Crippen LogP contribution in [0.3, 0.4) is 0 Å². The molecule has 5 atom stereocenters. The smallest absolute Gasteiger partial charge is 0.245 e. The lowest BCUT2D eigenvalue weighted by Gasteiger charge is -2.41. The molecule has 10 nitrogen and oxygen atoms in total. The van der Waals surface area contributed by atoms with Crippen LogP contribution in [-0.4, -0.2) is 102 Å². The number of hydrogen-bond donors (Lipinski definition) is 3. The number of nitrogens with two attached hydrogens (primary N) is 1. The largest absolute Gasteiger partial charge is 0.368 e. The van der Waals surface area contributed by atoms with Crippen molar-refractivity contribution in [2.45, 2.75) is 110 Å². The molecule has 0 bridgehead atoms. The van der Waals surface area contributed by atoms with Crippen LogP contribution in [0, 0.1) is 11.3 Å². The number of carbonyl (C=O) groups is 4. The average molecular weight is 613 g/mol. The molecule has 0 radical (unpaired) electrons. The van der Waals surface area contributed by atoms with Crippen molar-refractivity contribution in [2.75, 3.05) is 33.7 Å². The van der Waals surface area contributed by atoms with Crippen molar-refractivity contribution >= 4 is 23.6 Å². The molecule has 2 fully saturated rings. The maximum absolute atomic E-state index is 14.3. The summed E-state index contributed by atoms with van der Waals surface area (Å²) in [7, 11) is 3.57. The lowest BCUT2D eigenvalue weighted by molar-refractivity contribution is -0.143. The monoisotopic (exact) mass is 612 g/mol. The number of benzene rings is 1. The van der Waals surface area contributed by atoms with Crippen molar-refractivity contribution in [3.05, 3.63) is 35.9 Å². The normalized spacial score (nSPS) is 21.6. The molecule has 2 saturated heterocycles. The van der Waals surface area contributed by atoms with Crippen LogP contribution in [-0.2, 0) is 24.6 Å². The fraction of sp³-hybridized carbons (Fsp3) is 0.706. The third kappa shape index (κ3) is 7.80. The Labute approximate surface area is 264 Å².